The lowest BCUT2D eigenvalue weighted by atomic mass is 9.87. The number of carbonyl (C=O) groups is 2. The molecule has 136 valence electrons. The summed E-state index contributed by atoms with van der Waals surface area (Å²) in [6.45, 7) is 4.17. The Kier molecular flexibility index (Phi) is 5.06. The van der Waals surface area contributed by atoms with Gasteiger partial charge in [0.25, 0.3) is 5.91 Å². The number of urea groups is 1. The standard InChI is InChI=1S/C18H25FN4O2/c1-21(13-14-3-5-15(19)6-4-14)11-12-23-9-7-18(8-10-23)16(24)22(2)17(25)20-18/h3-6H,7-13H2,1-2H3,(H,20,25). The van der Waals surface area contributed by atoms with Crippen molar-refractivity contribution in [2.45, 2.75) is 24.9 Å². The number of rotatable bonds is 5. The third kappa shape index (κ3) is 3.82. The van der Waals surface area contributed by atoms with Crippen LogP contribution in [0.4, 0.5) is 9.18 Å². The molecule has 3 amide bonds. The highest BCUT2D eigenvalue weighted by Gasteiger charge is 2.50. The highest BCUT2D eigenvalue weighted by atomic mass is 19.1. The first kappa shape index (κ1) is 17.8. The summed E-state index contributed by atoms with van der Waals surface area (Å²) in [5.41, 5.74) is 0.395. The molecule has 0 aromatic heterocycles. The van der Waals surface area contributed by atoms with Crippen molar-refractivity contribution in [3.63, 3.8) is 0 Å². The zero-order chi connectivity index (χ0) is 18.0. The third-order valence-electron chi connectivity index (χ3n) is 5.24. The molecule has 2 fully saturated rings. The summed E-state index contributed by atoms with van der Waals surface area (Å²) < 4.78 is 12.9. The number of carbonyl (C=O) groups excluding carboxylic acids is 2. The second-order valence-corrected chi connectivity index (χ2v) is 7.08. The predicted molar refractivity (Wildman–Crippen MR) is 92.4 cm³/mol. The molecule has 2 heterocycles. The molecule has 1 N–H and O–H groups in total. The van der Waals surface area contributed by atoms with Crippen molar-refractivity contribution < 1.29 is 14.0 Å². The minimum Gasteiger partial charge on any atom is -0.323 e. The Balaban J connectivity index is 1.44. The molecule has 1 aromatic rings. The maximum atomic E-state index is 12.9. The Hall–Kier alpha value is -1.99. The van der Waals surface area contributed by atoms with Crippen LogP contribution in [0, 0.1) is 5.82 Å². The number of likely N-dealkylation sites (tertiary alicyclic amines) is 1. The smallest absolute Gasteiger partial charge is 0.323 e. The number of hydrogen-bond acceptors (Lipinski definition) is 4. The lowest BCUT2D eigenvalue weighted by Crippen LogP contribution is -2.55. The summed E-state index contributed by atoms with van der Waals surface area (Å²) in [5.74, 6) is -0.321. The van der Waals surface area contributed by atoms with Crippen molar-refractivity contribution in [3.05, 3.63) is 35.6 Å². The maximum absolute atomic E-state index is 12.9. The Labute approximate surface area is 147 Å². The number of piperidine rings is 1. The van der Waals surface area contributed by atoms with Gasteiger partial charge in [0, 0.05) is 39.8 Å². The van der Waals surface area contributed by atoms with Crippen molar-refractivity contribution in [1.29, 1.82) is 0 Å². The van der Waals surface area contributed by atoms with E-state index in [4.69, 9.17) is 0 Å². The van der Waals surface area contributed by atoms with Crippen molar-refractivity contribution in [3.8, 4) is 0 Å². The number of halogens is 1. The fraction of sp³-hybridized carbons (Fsp3) is 0.556. The highest BCUT2D eigenvalue weighted by molar-refractivity contribution is 6.06. The van der Waals surface area contributed by atoms with Gasteiger partial charge in [0.1, 0.15) is 11.4 Å². The van der Waals surface area contributed by atoms with Gasteiger partial charge in [0.15, 0.2) is 0 Å². The Bertz CT molecular complexity index is 641. The molecule has 0 saturated carbocycles. The second kappa shape index (κ2) is 7.09. The topological polar surface area (TPSA) is 55.9 Å². The number of imide groups is 1. The van der Waals surface area contributed by atoms with Crippen molar-refractivity contribution in [2.24, 2.45) is 0 Å². The van der Waals surface area contributed by atoms with E-state index in [1.54, 1.807) is 12.1 Å². The molecule has 2 aliphatic heterocycles. The number of nitrogens with zero attached hydrogens (tertiary/aromatic N) is 3. The first-order valence-corrected chi connectivity index (χ1v) is 8.65. The average molecular weight is 348 g/mol. The Morgan fingerprint density at radius 3 is 2.40 bits per heavy atom. The zero-order valence-electron chi connectivity index (χ0n) is 14.8. The van der Waals surface area contributed by atoms with Gasteiger partial charge in [0.05, 0.1) is 0 Å². The Morgan fingerprint density at radius 1 is 1.20 bits per heavy atom. The van der Waals surface area contributed by atoms with Crippen LogP contribution in [0.2, 0.25) is 0 Å². The number of likely N-dealkylation sites (N-methyl/N-ethyl adjacent to an activating group) is 2. The van der Waals surface area contributed by atoms with Crippen LogP contribution in [0.25, 0.3) is 0 Å². The van der Waals surface area contributed by atoms with Crippen LogP contribution >= 0.6 is 0 Å². The minimum atomic E-state index is -0.692. The van der Waals surface area contributed by atoms with Gasteiger partial charge in [-0.2, -0.15) is 0 Å². The van der Waals surface area contributed by atoms with Gasteiger partial charge >= 0.3 is 6.03 Å². The van der Waals surface area contributed by atoms with Crippen LogP contribution in [0.15, 0.2) is 24.3 Å². The van der Waals surface area contributed by atoms with E-state index in [9.17, 15) is 14.0 Å². The molecule has 3 rings (SSSR count). The summed E-state index contributed by atoms with van der Waals surface area (Å²) in [6, 6.07) is 6.29. The summed E-state index contributed by atoms with van der Waals surface area (Å²) in [5, 5.41) is 2.86. The van der Waals surface area contributed by atoms with Gasteiger partial charge in [0.2, 0.25) is 0 Å². The summed E-state index contributed by atoms with van der Waals surface area (Å²) in [7, 11) is 3.58. The number of nitrogens with one attached hydrogen (secondary N) is 1. The number of amides is 3. The first-order chi connectivity index (χ1) is 11.9. The summed E-state index contributed by atoms with van der Waals surface area (Å²) in [6.07, 6.45) is 1.31. The maximum Gasteiger partial charge on any atom is 0.324 e. The lowest BCUT2D eigenvalue weighted by Gasteiger charge is -2.37. The fourth-order valence-corrected chi connectivity index (χ4v) is 3.55. The first-order valence-electron chi connectivity index (χ1n) is 8.65. The van der Waals surface area contributed by atoms with Gasteiger partial charge in [-0.3, -0.25) is 9.69 Å². The van der Waals surface area contributed by atoms with Crippen molar-refractivity contribution in [2.75, 3.05) is 40.3 Å². The largest absolute Gasteiger partial charge is 0.324 e. The molecule has 0 atom stereocenters. The highest BCUT2D eigenvalue weighted by Crippen LogP contribution is 2.28. The van der Waals surface area contributed by atoms with Crippen LogP contribution in [-0.2, 0) is 11.3 Å². The van der Waals surface area contributed by atoms with E-state index >= 15 is 0 Å². The van der Waals surface area contributed by atoms with E-state index in [1.807, 2.05) is 7.05 Å². The van der Waals surface area contributed by atoms with Gasteiger partial charge in [-0.25, -0.2) is 9.18 Å². The molecule has 2 aliphatic rings. The quantitative estimate of drug-likeness (QED) is 0.815. The molecule has 1 aromatic carbocycles. The molecule has 1 spiro atoms. The van der Waals surface area contributed by atoms with Crippen molar-refractivity contribution >= 4 is 11.9 Å². The molecular weight excluding hydrogens is 323 g/mol. The fourth-order valence-electron chi connectivity index (χ4n) is 3.55. The summed E-state index contributed by atoms with van der Waals surface area (Å²) >= 11 is 0. The van der Waals surface area contributed by atoms with E-state index < -0.39 is 5.54 Å². The van der Waals surface area contributed by atoms with Crippen LogP contribution in [0.5, 0.6) is 0 Å². The van der Waals surface area contributed by atoms with Gasteiger partial charge in [-0.05, 0) is 37.6 Å². The van der Waals surface area contributed by atoms with Gasteiger partial charge < -0.3 is 15.1 Å². The van der Waals surface area contributed by atoms with Crippen LogP contribution in [0.1, 0.15) is 18.4 Å². The average Bonchev–Trinajstić information content (AvgIpc) is 2.81. The van der Waals surface area contributed by atoms with Gasteiger partial charge in [-0.1, -0.05) is 12.1 Å². The number of hydrogen-bond donors (Lipinski definition) is 1. The molecule has 0 unspecified atom stereocenters. The Morgan fingerprint density at radius 2 is 1.84 bits per heavy atom. The molecule has 0 bridgehead atoms. The molecule has 0 aliphatic carbocycles. The van der Waals surface area contributed by atoms with Crippen LogP contribution in [0.3, 0.4) is 0 Å². The van der Waals surface area contributed by atoms with E-state index in [0.717, 1.165) is 38.3 Å². The minimum absolute atomic E-state index is 0.106. The SMILES string of the molecule is CN(CCN1CCC2(CC1)NC(=O)N(C)C2=O)Cc1ccc(F)cc1. The van der Waals surface area contributed by atoms with Crippen LogP contribution in [-0.4, -0.2) is 72.5 Å². The van der Waals surface area contributed by atoms with E-state index in [1.165, 1.54) is 24.1 Å². The monoisotopic (exact) mass is 348 g/mol. The van der Waals surface area contributed by atoms with Crippen LogP contribution < -0.4 is 5.32 Å². The van der Waals surface area contributed by atoms with Gasteiger partial charge in [-0.15, -0.1) is 0 Å². The molecule has 0 radical (unpaired) electrons. The molecule has 25 heavy (non-hydrogen) atoms. The molecule has 2 saturated heterocycles. The third-order valence-corrected chi connectivity index (χ3v) is 5.24. The normalized spacial score (nSPS) is 20.6. The van der Waals surface area contributed by atoms with E-state index in [2.05, 4.69) is 15.1 Å². The second-order valence-electron chi connectivity index (χ2n) is 7.08. The van der Waals surface area contributed by atoms with E-state index in [-0.39, 0.29) is 17.8 Å². The number of benzene rings is 1. The molecular formula is C18H25FN4O2. The molecule has 6 nitrogen and oxygen atoms in total. The predicted octanol–water partition coefficient (Wildman–Crippen LogP) is 1.27. The molecule has 7 heteroatoms. The zero-order valence-corrected chi connectivity index (χ0v) is 14.8. The summed E-state index contributed by atoms with van der Waals surface area (Å²) in [4.78, 5) is 29.7. The van der Waals surface area contributed by atoms with Crippen molar-refractivity contribution in [1.82, 2.24) is 20.0 Å². The van der Waals surface area contributed by atoms with E-state index in [0.29, 0.717) is 12.8 Å². The lowest BCUT2D eigenvalue weighted by molar-refractivity contribution is -0.132.